The molecule has 0 aliphatic heterocycles. The largest absolute Gasteiger partial charge is 0.480 e. The summed E-state index contributed by atoms with van der Waals surface area (Å²) < 4.78 is 0. The molecule has 0 radical (unpaired) electrons. The molecule has 1 rings (SSSR count). The van der Waals surface area contributed by atoms with E-state index >= 15 is 0 Å². The number of aromatic nitrogens is 2. The highest BCUT2D eigenvalue weighted by molar-refractivity contribution is 5.86. The van der Waals surface area contributed by atoms with Gasteiger partial charge in [-0.2, -0.15) is 0 Å². The van der Waals surface area contributed by atoms with Crippen molar-refractivity contribution in [1.29, 1.82) is 0 Å². The first kappa shape index (κ1) is 15.9. The molecule has 0 aliphatic carbocycles. The molecule has 0 bridgehead atoms. The molecule has 20 heavy (non-hydrogen) atoms. The quantitative estimate of drug-likeness (QED) is 0.726. The van der Waals surface area contributed by atoms with Crippen LogP contribution in [0.5, 0.6) is 0 Å². The van der Waals surface area contributed by atoms with Gasteiger partial charge in [-0.25, -0.2) is 14.8 Å². The number of carbonyl (C=O) groups excluding carboxylic acids is 1. The summed E-state index contributed by atoms with van der Waals surface area (Å²) in [5, 5.41) is 11.6. The van der Waals surface area contributed by atoms with E-state index in [1.807, 2.05) is 6.92 Å². The molecule has 0 aliphatic rings. The SMILES string of the molecule is CCCCC(NC(=O)CN(C)c1ncccn1)C(=O)O. The molecule has 0 fully saturated rings. The fourth-order valence-electron chi connectivity index (χ4n) is 1.68. The van der Waals surface area contributed by atoms with Gasteiger partial charge in [0.15, 0.2) is 0 Å². The van der Waals surface area contributed by atoms with Gasteiger partial charge < -0.3 is 15.3 Å². The molecule has 0 aromatic carbocycles. The number of nitrogens with one attached hydrogen (secondary N) is 1. The van der Waals surface area contributed by atoms with Crippen molar-refractivity contribution in [3.05, 3.63) is 18.5 Å². The highest BCUT2D eigenvalue weighted by Crippen LogP contribution is 2.03. The van der Waals surface area contributed by atoms with E-state index < -0.39 is 12.0 Å². The zero-order chi connectivity index (χ0) is 15.0. The summed E-state index contributed by atoms with van der Waals surface area (Å²) in [4.78, 5) is 32.5. The van der Waals surface area contributed by atoms with Crippen LogP contribution in [0.3, 0.4) is 0 Å². The van der Waals surface area contributed by atoms with Crippen molar-refractivity contribution in [2.45, 2.75) is 32.2 Å². The minimum Gasteiger partial charge on any atom is -0.480 e. The van der Waals surface area contributed by atoms with Crippen molar-refractivity contribution < 1.29 is 14.7 Å². The van der Waals surface area contributed by atoms with Crippen molar-refractivity contribution in [3.63, 3.8) is 0 Å². The van der Waals surface area contributed by atoms with Crippen molar-refractivity contribution in [3.8, 4) is 0 Å². The van der Waals surface area contributed by atoms with Crippen LogP contribution < -0.4 is 10.2 Å². The maximum atomic E-state index is 11.8. The number of carboxylic acid groups (broad SMARTS) is 1. The maximum absolute atomic E-state index is 11.8. The molecule has 2 N–H and O–H groups in total. The van der Waals surface area contributed by atoms with Crippen LogP contribution in [0.2, 0.25) is 0 Å². The lowest BCUT2D eigenvalue weighted by atomic mass is 10.1. The smallest absolute Gasteiger partial charge is 0.326 e. The van der Waals surface area contributed by atoms with Crippen LogP contribution in [0.1, 0.15) is 26.2 Å². The molecular weight excluding hydrogens is 260 g/mol. The second-order valence-electron chi connectivity index (χ2n) is 4.51. The van der Waals surface area contributed by atoms with Gasteiger partial charge in [0.25, 0.3) is 0 Å². The zero-order valence-corrected chi connectivity index (χ0v) is 11.7. The summed E-state index contributed by atoms with van der Waals surface area (Å²) >= 11 is 0. The Hall–Kier alpha value is -2.18. The van der Waals surface area contributed by atoms with Crippen molar-refractivity contribution in [1.82, 2.24) is 15.3 Å². The number of rotatable bonds is 8. The Morgan fingerprint density at radius 3 is 2.60 bits per heavy atom. The Balaban J connectivity index is 2.51. The lowest BCUT2D eigenvalue weighted by Crippen LogP contribution is -2.45. The van der Waals surface area contributed by atoms with Crippen LogP contribution in [0.4, 0.5) is 5.95 Å². The van der Waals surface area contributed by atoms with Crippen molar-refractivity contribution in [2.24, 2.45) is 0 Å². The van der Waals surface area contributed by atoms with Crippen LogP contribution in [-0.4, -0.2) is 46.6 Å². The van der Waals surface area contributed by atoms with Gasteiger partial charge in [-0.05, 0) is 12.5 Å². The van der Waals surface area contributed by atoms with E-state index in [1.54, 1.807) is 30.4 Å². The van der Waals surface area contributed by atoms with E-state index in [0.29, 0.717) is 12.4 Å². The molecule has 1 aromatic heterocycles. The Morgan fingerprint density at radius 2 is 2.05 bits per heavy atom. The first-order chi connectivity index (χ1) is 9.54. The van der Waals surface area contributed by atoms with Crippen LogP contribution in [0, 0.1) is 0 Å². The molecule has 1 unspecified atom stereocenters. The molecule has 1 amide bonds. The van der Waals surface area contributed by atoms with Crippen LogP contribution in [0.25, 0.3) is 0 Å². The first-order valence-corrected chi connectivity index (χ1v) is 6.55. The summed E-state index contributed by atoms with van der Waals surface area (Å²) in [7, 11) is 1.68. The van der Waals surface area contributed by atoms with E-state index in [1.165, 1.54) is 0 Å². The van der Waals surface area contributed by atoms with E-state index in [2.05, 4.69) is 15.3 Å². The predicted octanol–water partition coefficient (Wildman–Crippen LogP) is 0.672. The molecule has 1 aromatic rings. The average molecular weight is 280 g/mol. The third kappa shape index (κ3) is 5.21. The standard InChI is InChI=1S/C13H20N4O3/c1-3-4-6-10(12(19)20)16-11(18)9-17(2)13-14-7-5-8-15-13/h5,7-8,10H,3-4,6,9H2,1-2H3,(H,16,18)(H,19,20). The zero-order valence-electron chi connectivity index (χ0n) is 11.7. The molecule has 1 atom stereocenters. The fourth-order valence-corrected chi connectivity index (χ4v) is 1.68. The van der Waals surface area contributed by atoms with Gasteiger partial charge in [0.2, 0.25) is 11.9 Å². The van der Waals surface area contributed by atoms with E-state index in [9.17, 15) is 9.59 Å². The second-order valence-corrected chi connectivity index (χ2v) is 4.51. The molecule has 0 saturated carbocycles. The van der Waals surface area contributed by atoms with E-state index in [4.69, 9.17) is 5.11 Å². The fraction of sp³-hybridized carbons (Fsp3) is 0.538. The summed E-state index contributed by atoms with van der Waals surface area (Å²) in [6.45, 7) is 1.99. The summed E-state index contributed by atoms with van der Waals surface area (Å²) in [5.41, 5.74) is 0. The lowest BCUT2D eigenvalue weighted by Gasteiger charge is -2.19. The van der Waals surface area contributed by atoms with Crippen molar-refractivity contribution in [2.75, 3.05) is 18.5 Å². The number of carboxylic acids is 1. The molecule has 0 saturated heterocycles. The number of aliphatic carboxylic acids is 1. The Kier molecular flexibility index (Phi) is 6.42. The Bertz CT molecular complexity index is 439. The van der Waals surface area contributed by atoms with Crippen molar-refractivity contribution >= 4 is 17.8 Å². The van der Waals surface area contributed by atoms with Crippen LogP contribution >= 0.6 is 0 Å². The second kappa shape index (κ2) is 8.08. The lowest BCUT2D eigenvalue weighted by molar-refractivity contribution is -0.141. The Labute approximate surface area is 118 Å². The monoisotopic (exact) mass is 280 g/mol. The maximum Gasteiger partial charge on any atom is 0.326 e. The van der Waals surface area contributed by atoms with Crippen LogP contribution in [0.15, 0.2) is 18.5 Å². The minimum absolute atomic E-state index is 0.0138. The number of unbranched alkanes of at least 4 members (excludes halogenated alkanes) is 1. The number of carbonyl (C=O) groups is 2. The molecule has 7 nitrogen and oxygen atoms in total. The number of hydrogen-bond acceptors (Lipinski definition) is 5. The predicted molar refractivity (Wildman–Crippen MR) is 74.4 cm³/mol. The number of amides is 1. The average Bonchev–Trinajstić information content (AvgIpc) is 2.44. The highest BCUT2D eigenvalue weighted by Gasteiger charge is 2.20. The number of anilines is 1. The van der Waals surface area contributed by atoms with Gasteiger partial charge in [-0.15, -0.1) is 0 Å². The highest BCUT2D eigenvalue weighted by atomic mass is 16.4. The molecule has 1 heterocycles. The van der Waals surface area contributed by atoms with Gasteiger partial charge in [0.1, 0.15) is 6.04 Å². The number of likely N-dealkylation sites (N-methyl/N-ethyl adjacent to an activating group) is 1. The third-order valence-electron chi connectivity index (χ3n) is 2.75. The molecule has 7 heteroatoms. The van der Waals surface area contributed by atoms with Gasteiger partial charge in [-0.3, -0.25) is 4.79 Å². The molecule has 0 spiro atoms. The molecule has 110 valence electrons. The molecular formula is C13H20N4O3. The summed E-state index contributed by atoms with van der Waals surface area (Å²) in [6, 6.07) is 0.843. The van der Waals surface area contributed by atoms with E-state index in [0.717, 1.165) is 12.8 Å². The van der Waals surface area contributed by atoms with Gasteiger partial charge in [0.05, 0.1) is 6.54 Å². The first-order valence-electron chi connectivity index (χ1n) is 6.55. The number of nitrogens with zero attached hydrogens (tertiary/aromatic N) is 3. The van der Waals surface area contributed by atoms with Gasteiger partial charge >= 0.3 is 5.97 Å². The minimum atomic E-state index is -1.01. The van der Waals surface area contributed by atoms with E-state index in [-0.39, 0.29) is 12.5 Å². The normalized spacial score (nSPS) is 11.7. The third-order valence-corrected chi connectivity index (χ3v) is 2.75. The number of hydrogen-bond donors (Lipinski definition) is 2. The summed E-state index contributed by atoms with van der Waals surface area (Å²) in [5.74, 6) is -0.947. The van der Waals surface area contributed by atoms with Crippen LogP contribution in [-0.2, 0) is 9.59 Å². The Morgan fingerprint density at radius 1 is 1.40 bits per heavy atom. The van der Waals surface area contributed by atoms with Gasteiger partial charge in [-0.1, -0.05) is 19.8 Å². The van der Waals surface area contributed by atoms with Gasteiger partial charge in [0, 0.05) is 19.4 Å². The topological polar surface area (TPSA) is 95.4 Å². The summed E-state index contributed by atoms with van der Waals surface area (Å²) in [6.07, 6.45) is 5.24.